The molecular formula is C18H27NOS. The summed E-state index contributed by atoms with van der Waals surface area (Å²) in [5.74, 6) is 1.75. The molecule has 1 aromatic carbocycles. The number of benzene rings is 1. The van der Waals surface area contributed by atoms with Crippen LogP contribution in [0.25, 0.3) is 0 Å². The van der Waals surface area contributed by atoms with Crippen LogP contribution in [-0.2, 0) is 11.2 Å². The zero-order valence-electron chi connectivity index (χ0n) is 12.9. The van der Waals surface area contributed by atoms with Crippen LogP contribution in [-0.4, -0.2) is 17.7 Å². The lowest BCUT2D eigenvalue weighted by atomic mass is 9.81. The van der Waals surface area contributed by atoms with E-state index in [0.717, 1.165) is 30.4 Å². The van der Waals surface area contributed by atoms with Crippen LogP contribution in [0.4, 0.5) is 0 Å². The quantitative estimate of drug-likeness (QED) is 0.768. The standard InChI is InChI=1S/C18H27NOS/c1-14-7-9-15(10-8-14)11-12-19-18(20)17(21)13-16-5-3-2-4-6-16/h2-6,14-15,17,21H,7-13H2,1H3,(H,19,20). The van der Waals surface area contributed by atoms with E-state index >= 15 is 0 Å². The van der Waals surface area contributed by atoms with Gasteiger partial charge in [-0.3, -0.25) is 4.79 Å². The number of thiol groups is 1. The van der Waals surface area contributed by atoms with Gasteiger partial charge in [0.05, 0.1) is 5.25 Å². The maximum Gasteiger partial charge on any atom is 0.233 e. The number of carbonyl (C=O) groups excluding carboxylic acids is 1. The number of amides is 1. The predicted molar refractivity (Wildman–Crippen MR) is 91.7 cm³/mol. The van der Waals surface area contributed by atoms with Crippen molar-refractivity contribution in [2.24, 2.45) is 11.8 Å². The summed E-state index contributed by atoms with van der Waals surface area (Å²) in [5, 5.41) is 2.79. The lowest BCUT2D eigenvalue weighted by Crippen LogP contribution is -2.34. The van der Waals surface area contributed by atoms with E-state index in [2.05, 4.69) is 24.9 Å². The molecule has 1 amide bonds. The molecule has 1 aromatic rings. The van der Waals surface area contributed by atoms with Crippen molar-refractivity contribution in [1.29, 1.82) is 0 Å². The normalized spacial score (nSPS) is 23.5. The molecule has 0 radical (unpaired) electrons. The van der Waals surface area contributed by atoms with Crippen LogP contribution in [0, 0.1) is 11.8 Å². The zero-order chi connectivity index (χ0) is 15.1. The van der Waals surface area contributed by atoms with Crippen LogP contribution in [0.2, 0.25) is 0 Å². The molecule has 2 nitrogen and oxygen atoms in total. The van der Waals surface area contributed by atoms with Gasteiger partial charge in [-0.25, -0.2) is 0 Å². The lowest BCUT2D eigenvalue weighted by molar-refractivity contribution is -0.120. The Bertz CT molecular complexity index is 426. The van der Waals surface area contributed by atoms with Gasteiger partial charge in [-0.2, -0.15) is 12.6 Å². The number of carbonyl (C=O) groups is 1. The largest absolute Gasteiger partial charge is 0.355 e. The molecule has 0 saturated heterocycles. The third-order valence-electron chi connectivity index (χ3n) is 4.56. The highest BCUT2D eigenvalue weighted by Crippen LogP contribution is 2.29. The summed E-state index contributed by atoms with van der Waals surface area (Å²) in [4.78, 5) is 12.1. The third-order valence-corrected chi connectivity index (χ3v) is 4.98. The molecule has 0 bridgehead atoms. The molecule has 21 heavy (non-hydrogen) atoms. The molecule has 1 atom stereocenters. The Hall–Kier alpha value is -0.960. The first-order valence-corrected chi connectivity index (χ1v) is 8.66. The number of rotatable bonds is 6. The summed E-state index contributed by atoms with van der Waals surface area (Å²) >= 11 is 4.44. The van der Waals surface area contributed by atoms with E-state index in [1.165, 1.54) is 25.7 Å². The summed E-state index contributed by atoms with van der Waals surface area (Å²) in [6.07, 6.45) is 7.15. The van der Waals surface area contributed by atoms with E-state index in [1.54, 1.807) is 0 Å². The molecule has 1 fully saturated rings. The van der Waals surface area contributed by atoms with Gasteiger partial charge in [-0.15, -0.1) is 0 Å². The molecule has 3 heteroatoms. The van der Waals surface area contributed by atoms with Gasteiger partial charge >= 0.3 is 0 Å². The number of hydrogen-bond acceptors (Lipinski definition) is 2. The second-order valence-electron chi connectivity index (χ2n) is 6.41. The van der Waals surface area contributed by atoms with E-state index in [9.17, 15) is 4.79 Å². The van der Waals surface area contributed by atoms with Gasteiger partial charge in [-0.1, -0.05) is 62.9 Å². The molecule has 0 aliphatic heterocycles. The van der Waals surface area contributed by atoms with E-state index in [-0.39, 0.29) is 11.2 Å². The molecule has 0 aromatic heterocycles. The van der Waals surface area contributed by atoms with Gasteiger partial charge in [-0.05, 0) is 30.2 Å². The van der Waals surface area contributed by atoms with Crippen molar-refractivity contribution in [3.63, 3.8) is 0 Å². The first-order valence-electron chi connectivity index (χ1n) is 8.15. The van der Waals surface area contributed by atoms with Gasteiger partial charge in [0.2, 0.25) is 5.91 Å². The van der Waals surface area contributed by atoms with Gasteiger partial charge < -0.3 is 5.32 Å². The second kappa shape index (κ2) is 8.47. The molecule has 1 aliphatic rings. The van der Waals surface area contributed by atoms with Crippen molar-refractivity contribution < 1.29 is 4.79 Å². The Balaban J connectivity index is 1.65. The van der Waals surface area contributed by atoms with Crippen molar-refractivity contribution >= 4 is 18.5 Å². The fraction of sp³-hybridized carbons (Fsp3) is 0.611. The maximum absolute atomic E-state index is 12.1. The number of nitrogens with one attached hydrogen (secondary N) is 1. The smallest absolute Gasteiger partial charge is 0.233 e. The molecule has 0 spiro atoms. The molecule has 0 heterocycles. The Morgan fingerprint density at radius 2 is 1.90 bits per heavy atom. The molecule has 1 aliphatic carbocycles. The van der Waals surface area contributed by atoms with Gasteiger partial charge in [0.1, 0.15) is 0 Å². The van der Waals surface area contributed by atoms with Gasteiger partial charge in [0.15, 0.2) is 0 Å². The SMILES string of the molecule is CC1CCC(CCNC(=O)C(S)Cc2ccccc2)CC1. The van der Waals surface area contributed by atoms with Crippen molar-refractivity contribution in [3.8, 4) is 0 Å². The van der Waals surface area contributed by atoms with Crippen molar-refractivity contribution in [1.82, 2.24) is 5.32 Å². The van der Waals surface area contributed by atoms with Crippen LogP contribution in [0.3, 0.4) is 0 Å². The average Bonchev–Trinajstić information content (AvgIpc) is 2.50. The first-order chi connectivity index (χ1) is 10.1. The topological polar surface area (TPSA) is 29.1 Å². The van der Waals surface area contributed by atoms with E-state index < -0.39 is 0 Å². The fourth-order valence-electron chi connectivity index (χ4n) is 3.07. The Morgan fingerprint density at radius 1 is 1.24 bits per heavy atom. The summed E-state index contributed by atoms with van der Waals surface area (Å²) in [5.41, 5.74) is 1.16. The Kier molecular flexibility index (Phi) is 6.62. The van der Waals surface area contributed by atoms with Crippen LogP contribution >= 0.6 is 12.6 Å². The van der Waals surface area contributed by atoms with E-state index in [1.807, 2.05) is 30.3 Å². The highest BCUT2D eigenvalue weighted by atomic mass is 32.1. The monoisotopic (exact) mass is 305 g/mol. The summed E-state index contributed by atoms with van der Waals surface area (Å²) in [6, 6.07) is 10.1. The molecule has 116 valence electrons. The summed E-state index contributed by atoms with van der Waals surface area (Å²) in [7, 11) is 0. The van der Waals surface area contributed by atoms with Crippen LogP contribution in [0.15, 0.2) is 30.3 Å². The second-order valence-corrected chi connectivity index (χ2v) is 7.03. The van der Waals surface area contributed by atoms with Crippen LogP contribution < -0.4 is 5.32 Å². The Labute approximate surface area is 134 Å². The number of hydrogen-bond donors (Lipinski definition) is 2. The molecule has 1 saturated carbocycles. The average molecular weight is 305 g/mol. The van der Waals surface area contributed by atoms with Crippen molar-refractivity contribution in [3.05, 3.63) is 35.9 Å². The third kappa shape index (κ3) is 5.74. The van der Waals surface area contributed by atoms with Crippen molar-refractivity contribution in [2.45, 2.75) is 50.7 Å². The van der Waals surface area contributed by atoms with E-state index in [4.69, 9.17) is 0 Å². The highest BCUT2D eigenvalue weighted by Gasteiger charge is 2.19. The van der Waals surface area contributed by atoms with E-state index in [0.29, 0.717) is 6.42 Å². The van der Waals surface area contributed by atoms with Gasteiger partial charge in [0, 0.05) is 6.54 Å². The predicted octanol–water partition coefficient (Wildman–Crippen LogP) is 3.86. The molecule has 2 rings (SSSR count). The molecule has 1 N–H and O–H groups in total. The van der Waals surface area contributed by atoms with Crippen molar-refractivity contribution in [2.75, 3.05) is 6.54 Å². The summed E-state index contributed by atoms with van der Waals surface area (Å²) < 4.78 is 0. The zero-order valence-corrected chi connectivity index (χ0v) is 13.8. The lowest BCUT2D eigenvalue weighted by Gasteiger charge is -2.26. The first kappa shape index (κ1) is 16.4. The Morgan fingerprint density at radius 3 is 2.57 bits per heavy atom. The van der Waals surface area contributed by atoms with Gasteiger partial charge in [0.25, 0.3) is 0 Å². The van der Waals surface area contributed by atoms with Crippen LogP contribution in [0.5, 0.6) is 0 Å². The molecule has 1 unspecified atom stereocenters. The van der Waals surface area contributed by atoms with Crippen LogP contribution in [0.1, 0.15) is 44.6 Å². The minimum absolute atomic E-state index is 0.0614. The summed E-state index contributed by atoms with van der Waals surface area (Å²) in [6.45, 7) is 3.14. The fourth-order valence-corrected chi connectivity index (χ4v) is 3.37. The highest BCUT2D eigenvalue weighted by molar-refractivity contribution is 7.81. The molecular weight excluding hydrogens is 278 g/mol. The minimum Gasteiger partial charge on any atom is -0.355 e. The minimum atomic E-state index is -0.251. The maximum atomic E-state index is 12.1.